The van der Waals surface area contributed by atoms with Crippen LogP contribution in [0.5, 0.6) is 5.19 Å². The van der Waals surface area contributed by atoms with Crippen LogP contribution in [0, 0.1) is 26.7 Å². The quantitative estimate of drug-likeness (QED) is 0.396. The summed E-state index contributed by atoms with van der Waals surface area (Å²) < 4.78 is 6.10. The molecule has 3 heterocycles. The predicted molar refractivity (Wildman–Crippen MR) is 134 cm³/mol. The molecule has 7 heteroatoms. The minimum atomic E-state index is 0.239. The van der Waals surface area contributed by atoms with Gasteiger partial charge in [0.1, 0.15) is 11.1 Å². The molecule has 0 saturated carbocycles. The molecule has 2 N–H and O–H groups in total. The summed E-state index contributed by atoms with van der Waals surface area (Å²) in [6.07, 6.45) is 15.9. The first-order valence-electron chi connectivity index (χ1n) is 10.6. The van der Waals surface area contributed by atoms with Gasteiger partial charge in [-0.3, -0.25) is 5.10 Å². The fraction of sp³-hybridized carbons (Fsp3) is 0.320. The molecular weight excluding hydrogens is 418 g/mol. The molecule has 0 atom stereocenters. The van der Waals surface area contributed by atoms with Crippen molar-refractivity contribution in [2.45, 2.75) is 39.7 Å². The molecule has 0 amide bonds. The number of thiazole rings is 1. The first kappa shape index (κ1) is 23.5. The maximum Gasteiger partial charge on any atom is 0.275 e. The second-order valence-electron chi connectivity index (χ2n) is 7.53. The Labute approximate surface area is 193 Å². The van der Waals surface area contributed by atoms with Crippen molar-refractivity contribution in [2.24, 2.45) is 4.99 Å². The third-order valence-electron chi connectivity index (χ3n) is 5.49. The van der Waals surface area contributed by atoms with E-state index in [4.69, 9.17) is 9.73 Å². The lowest BCUT2D eigenvalue weighted by molar-refractivity contribution is 0.161. The third-order valence-corrected chi connectivity index (χ3v) is 6.44. The molecule has 6 nitrogen and oxygen atoms in total. The van der Waals surface area contributed by atoms with E-state index in [1.165, 1.54) is 11.3 Å². The first-order valence-corrected chi connectivity index (χ1v) is 11.4. The van der Waals surface area contributed by atoms with Gasteiger partial charge in [-0.15, -0.1) is 12.8 Å². The van der Waals surface area contributed by atoms with E-state index in [0.717, 1.165) is 70.2 Å². The zero-order valence-electron chi connectivity index (χ0n) is 18.8. The monoisotopic (exact) mass is 447 g/mol. The van der Waals surface area contributed by atoms with E-state index < -0.39 is 0 Å². The SMILES string of the molecule is C#C.C=Cc1c(-c2cn[nH]c2)ccc(/C(C)=N/c2sc(OC3CCNCC3)nc2C)c1C. The molecule has 1 aliphatic heterocycles. The highest BCUT2D eigenvalue weighted by molar-refractivity contribution is 7.17. The first-order chi connectivity index (χ1) is 15.6. The molecule has 1 aromatic carbocycles. The number of benzene rings is 1. The largest absolute Gasteiger partial charge is 0.467 e. The van der Waals surface area contributed by atoms with Gasteiger partial charge in [-0.2, -0.15) is 5.10 Å². The Balaban J connectivity index is 0.00000141. The number of ether oxygens (including phenoxy) is 1. The number of aliphatic imine (C=N–C) groups is 1. The van der Waals surface area contributed by atoms with E-state index in [2.05, 4.69) is 59.0 Å². The lowest BCUT2D eigenvalue weighted by atomic mass is 9.92. The maximum atomic E-state index is 6.10. The maximum absolute atomic E-state index is 6.10. The fourth-order valence-electron chi connectivity index (χ4n) is 3.82. The van der Waals surface area contributed by atoms with Gasteiger partial charge >= 0.3 is 0 Å². The lowest BCUT2D eigenvalue weighted by Crippen LogP contribution is -2.34. The summed E-state index contributed by atoms with van der Waals surface area (Å²) in [4.78, 5) is 9.50. The molecule has 4 rings (SSSR count). The van der Waals surface area contributed by atoms with Gasteiger partial charge in [0.25, 0.3) is 5.19 Å². The van der Waals surface area contributed by atoms with E-state index in [1.807, 2.05) is 32.3 Å². The molecule has 0 bridgehead atoms. The predicted octanol–water partition coefficient (Wildman–Crippen LogP) is 5.31. The van der Waals surface area contributed by atoms with Crippen LogP contribution in [0.25, 0.3) is 17.2 Å². The van der Waals surface area contributed by atoms with Gasteiger partial charge in [0.15, 0.2) is 0 Å². The second-order valence-corrected chi connectivity index (χ2v) is 8.47. The van der Waals surface area contributed by atoms with Crippen molar-refractivity contribution in [1.82, 2.24) is 20.5 Å². The average molecular weight is 448 g/mol. The van der Waals surface area contributed by atoms with Crippen molar-refractivity contribution in [3.8, 4) is 29.2 Å². The number of piperidine rings is 1. The highest BCUT2D eigenvalue weighted by atomic mass is 32.1. The van der Waals surface area contributed by atoms with Crippen LogP contribution in [-0.4, -0.2) is 40.1 Å². The van der Waals surface area contributed by atoms with Crippen LogP contribution >= 0.6 is 11.3 Å². The van der Waals surface area contributed by atoms with E-state index in [1.54, 1.807) is 0 Å². The summed E-state index contributed by atoms with van der Waals surface area (Å²) in [5.74, 6) is 0. The number of rotatable bonds is 6. The van der Waals surface area contributed by atoms with Gasteiger partial charge < -0.3 is 10.1 Å². The molecule has 0 radical (unpaired) electrons. The normalized spacial score (nSPS) is 14.5. The lowest BCUT2D eigenvalue weighted by Gasteiger charge is -2.22. The number of aromatic amines is 1. The molecule has 166 valence electrons. The van der Waals surface area contributed by atoms with E-state index in [-0.39, 0.29) is 6.10 Å². The summed E-state index contributed by atoms with van der Waals surface area (Å²) in [6, 6.07) is 4.22. The topological polar surface area (TPSA) is 75.2 Å². The van der Waals surface area contributed by atoms with Crippen LogP contribution in [0.2, 0.25) is 0 Å². The van der Waals surface area contributed by atoms with Crippen molar-refractivity contribution in [3.63, 3.8) is 0 Å². The molecule has 1 saturated heterocycles. The minimum absolute atomic E-state index is 0.239. The Morgan fingerprint density at radius 1 is 1.28 bits per heavy atom. The van der Waals surface area contributed by atoms with Gasteiger partial charge in [-0.05, 0) is 69.0 Å². The Bertz CT molecular complexity index is 1110. The summed E-state index contributed by atoms with van der Waals surface area (Å²) in [5, 5.41) is 11.9. The zero-order chi connectivity index (χ0) is 23.1. The number of hydrogen-bond acceptors (Lipinski definition) is 6. The van der Waals surface area contributed by atoms with Crippen molar-refractivity contribution in [2.75, 3.05) is 13.1 Å². The number of nitrogens with zero attached hydrogens (tertiary/aromatic N) is 3. The second kappa shape index (κ2) is 10.9. The number of terminal acetylenes is 1. The summed E-state index contributed by atoms with van der Waals surface area (Å²) in [5.41, 5.74) is 7.37. The Morgan fingerprint density at radius 3 is 2.69 bits per heavy atom. The summed E-state index contributed by atoms with van der Waals surface area (Å²) in [6.45, 7) is 12.2. The molecule has 2 aromatic heterocycles. The Morgan fingerprint density at radius 2 is 2.03 bits per heavy atom. The van der Waals surface area contributed by atoms with E-state index in [9.17, 15) is 0 Å². The van der Waals surface area contributed by atoms with Gasteiger partial charge in [-0.25, -0.2) is 9.98 Å². The highest BCUT2D eigenvalue weighted by Gasteiger charge is 2.18. The fourth-order valence-corrected chi connectivity index (χ4v) is 4.73. The van der Waals surface area contributed by atoms with Crippen LogP contribution in [0.1, 0.15) is 42.1 Å². The Hall–Kier alpha value is -3.21. The van der Waals surface area contributed by atoms with Crippen molar-refractivity contribution in [1.29, 1.82) is 0 Å². The number of hydrogen-bond donors (Lipinski definition) is 2. The summed E-state index contributed by atoms with van der Waals surface area (Å²) >= 11 is 1.52. The molecule has 1 fully saturated rings. The molecule has 0 spiro atoms. The van der Waals surface area contributed by atoms with E-state index in [0.29, 0.717) is 5.19 Å². The molecule has 3 aromatic rings. The van der Waals surface area contributed by atoms with Crippen LogP contribution in [0.15, 0.2) is 36.1 Å². The molecule has 32 heavy (non-hydrogen) atoms. The van der Waals surface area contributed by atoms with Gasteiger partial charge in [-0.1, -0.05) is 36.1 Å². The van der Waals surface area contributed by atoms with Crippen LogP contribution in [0.3, 0.4) is 0 Å². The zero-order valence-corrected chi connectivity index (χ0v) is 19.6. The van der Waals surface area contributed by atoms with Crippen LogP contribution in [-0.2, 0) is 0 Å². The number of aromatic nitrogens is 3. The Kier molecular flexibility index (Phi) is 7.98. The number of H-pyrrole nitrogens is 1. The van der Waals surface area contributed by atoms with E-state index >= 15 is 0 Å². The van der Waals surface area contributed by atoms with Gasteiger partial charge in [0.2, 0.25) is 0 Å². The number of nitrogens with one attached hydrogen (secondary N) is 2. The molecule has 0 aliphatic carbocycles. The highest BCUT2D eigenvalue weighted by Crippen LogP contribution is 2.35. The van der Waals surface area contributed by atoms with Gasteiger partial charge in [0.05, 0.1) is 11.9 Å². The third kappa shape index (κ3) is 5.16. The smallest absolute Gasteiger partial charge is 0.275 e. The van der Waals surface area contributed by atoms with Crippen LogP contribution < -0.4 is 10.1 Å². The van der Waals surface area contributed by atoms with Crippen molar-refractivity contribution >= 4 is 28.1 Å². The molecule has 0 unspecified atom stereocenters. The standard InChI is InChI=1S/C23H27N5OS.C2H2/c1-5-19-14(2)20(6-7-21(19)17-12-25-26-13-17)15(3)27-22-16(4)28-23(30-22)29-18-8-10-24-11-9-18;1-2/h5-7,12-13,18,24H,1,8-11H2,2-4H3,(H,25,26);1-2H/b27-15+;. The minimum Gasteiger partial charge on any atom is -0.467 e. The number of aryl methyl sites for hydroxylation is 1. The van der Waals surface area contributed by atoms with Crippen LogP contribution in [0.4, 0.5) is 5.00 Å². The molecule has 1 aliphatic rings. The van der Waals surface area contributed by atoms with Crippen molar-refractivity contribution < 1.29 is 4.74 Å². The average Bonchev–Trinajstić information content (AvgIpc) is 3.46. The molecular formula is C25H29N5OS. The van der Waals surface area contributed by atoms with Gasteiger partial charge in [0, 0.05) is 17.5 Å². The summed E-state index contributed by atoms with van der Waals surface area (Å²) in [7, 11) is 0. The van der Waals surface area contributed by atoms with Crippen molar-refractivity contribution in [3.05, 3.63) is 53.5 Å².